The number of amides is 1. The van der Waals surface area contributed by atoms with Gasteiger partial charge >= 0.3 is 0 Å². The summed E-state index contributed by atoms with van der Waals surface area (Å²) in [5.74, 6) is 1.33. The summed E-state index contributed by atoms with van der Waals surface area (Å²) in [7, 11) is 0. The van der Waals surface area contributed by atoms with E-state index < -0.39 is 5.91 Å². The molecule has 206 valence electrons. The fourth-order valence-electron chi connectivity index (χ4n) is 4.23. The van der Waals surface area contributed by atoms with Gasteiger partial charge in [0.05, 0.1) is 42.8 Å². The summed E-state index contributed by atoms with van der Waals surface area (Å²) >= 11 is 0. The van der Waals surface area contributed by atoms with Crippen molar-refractivity contribution < 1.29 is 23.4 Å². The lowest BCUT2D eigenvalue weighted by Gasteiger charge is -2.17. The molecule has 0 aliphatic carbocycles. The summed E-state index contributed by atoms with van der Waals surface area (Å²) in [5.41, 5.74) is 2.11. The number of hydrogen-bond donors (Lipinski definition) is 1. The zero-order valence-corrected chi connectivity index (χ0v) is 22.5. The van der Waals surface area contributed by atoms with Gasteiger partial charge in [0.2, 0.25) is 5.75 Å². The molecule has 0 aliphatic rings. The lowest BCUT2D eigenvalue weighted by atomic mass is 10.1. The fraction of sp³-hybridized carbons (Fsp3) is 0.250. The van der Waals surface area contributed by atoms with Crippen LogP contribution in [-0.2, 0) is 0 Å². The van der Waals surface area contributed by atoms with Crippen LogP contribution in [0, 0.1) is 12.7 Å². The Morgan fingerprint density at radius 2 is 1.60 bits per heavy atom. The van der Waals surface area contributed by atoms with E-state index >= 15 is 0 Å². The van der Waals surface area contributed by atoms with E-state index in [0.717, 1.165) is 0 Å². The third kappa shape index (κ3) is 5.15. The van der Waals surface area contributed by atoms with Crippen LogP contribution in [0.1, 0.15) is 36.8 Å². The minimum absolute atomic E-state index is 0.317. The molecule has 3 aromatic heterocycles. The number of fused-ring (bicyclic) bond motifs is 1. The van der Waals surface area contributed by atoms with Crippen molar-refractivity contribution in [3.63, 3.8) is 0 Å². The van der Waals surface area contributed by atoms with E-state index in [1.165, 1.54) is 23.1 Å². The van der Waals surface area contributed by atoms with Gasteiger partial charge in [-0.1, -0.05) is 0 Å². The van der Waals surface area contributed by atoms with Crippen molar-refractivity contribution in [1.29, 1.82) is 0 Å². The minimum atomic E-state index is -0.404. The molecule has 12 heteroatoms. The molecule has 0 aliphatic heterocycles. The molecule has 11 nitrogen and oxygen atoms in total. The SMILES string of the molecule is CCOc1cc(C(=O)Nc2cc(C)nn2-c2ncnc3c2cnn3-c2ccc(F)cc2)cc(OCC)c1OCC. The first-order valence-electron chi connectivity index (χ1n) is 12.8. The maximum absolute atomic E-state index is 13.5. The van der Waals surface area contributed by atoms with Crippen molar-refractivity contribution in [2.75, 3.05) is 25.1 Å². The predicted molar refractivity (Wildman–Crippen MR) is 146 cm³/mol. The van der Waals surface area contributed by atoms with Crippen LogP contribution in [-0.4, -0.2) is 55.3 Å². The number of aromatic nitrogens is 6. The average Bonchev–Trinajstić information content (AvgIpc) is 3.54. The van der Waals surface area contributed by atoms with Crippen molar-refractivity contribution in [1.82, 2.24) is 29.5 Å². The number of nitrogens with zero attached hydrogens (tertiary/aromatic N) is 6. The Morgan fingerprint density at radius 1 is 0.925 bits per heavy atom. The molecule has 5 rings (SSSR count). The predicted octanol–water partition coefficient (Wildman–Crippen LogP) is 4.90. The van der Waals surface area contributed by atoms with Gasteiger partial charge in [-0.2, -0.15) is 14.9 Å². The largest absolute Gasteiger partial charge is 0.490 e. The summed E-state index contributed by atoms with van der Waals surface area (Å²) in [6, 6.07) is 10.9. The molecule has 0 atom stereocenters. The van der Waals surface area contributed by atoms with Crippen molar-refractivity contribution in [3.8, 4) is 28.8 Å². The molecule has 2 aromatic carbocycles. The number of benzene rings is 2. The topological polar surface area (TPSA) is 118 Å². The molecule has 0 spiro atoms. The van der Waals surface area contributed by atoms with Gasteiger partial charge in [-0.05, 0) is 64.1 Å². The van der Waals surface area contributed by atoms with Gasteiger partial charge in [-0.25, -0.2) is 19.0 Å². The van der Waals surface area contributed by atoms with Crippen molar-refractivity contribution >= 4 is 22.8 Å². The highest BCUT2D eigenvalue weighted by atomic mass is 19.1. The Morgan fingerprint density at radius 3 is 2.25 bits per heavy atom. The van der Waals surface area contributed by atoms with E-state index in [-0.39, 0.29) is 5.82 Å². The first-order valence-corrected chi connectivity index (χ1v) is 12.8. The molecule has 0 saturated carbocycles. The van der Waals surface area contributed by atoms with E-state index in [9.17, 15) is 9.18 Å². The number of carbonyl (C=O) groups excluding carboxylic acids is 1. The zero-order valence-electron chi connectivity index (χ0n) is 22.5. The maximum Gasteiger partial charge on any atom is 0.257 e. The Balaban J connectivity index is 1.52. The van der Waals surface area contributed by atoms with Crippen LogP contribution >= 0.6 is 0 Å². The van der Waals surface area contributed by atoms with E-state index in [4.69, 9.17) is 14.2 Å². The average molecular weight is 546 g/mol. The third-order valence-electron chi connectivity index (χ3n) is 5.86. The van der Waals surface area contributed by atoms with E-state index in [2.05, 4.69) is 25.5 Å². The number of carbonyl (C=O) groups is 1. The van der Waals surface area contributed by atoms with Crippen molar-refractivity contribution in [2.45, 2.75) is 27.7 Å². The lowest BCUT2D eigenvalue weighted by Crippen LogP contribution is -2.16. The summed E-state index contributed by atoms with van der Waals surface area (Å²) in [6.45, 7) is 8.56. The van der Waals surface area contributed by atoms with Gasteiger partial charge in [0.1, 0.15) is 18.0 Å². The van der Waals surface area contributed by atoms with Crippen LogP contribution in [0.5, 0.6) is 17.2 Å². The molecule has 3 heterocycles. The van der Waals surface area contributed by atoms with Gasteiger partial charge < -0.3 is 19.5 Å². The Bertz CT molecular complexity index is 1640. The number of aryl methyl sites for hydroxylation is 1. The maximum atomic E-state index is 13.5. The zero-order chi connectivity index (χ0) is 28.2. The third-order valence-corrected chi connectivity index (χ3v) is 5.86. The van der Waals surface area contributed by atoms with Crippen LogP contribution in [0.25, 0.3) is 22.5 Å². The molecule has 1 N–H and O–H groups in total. The smallest absolute Gasteiger partial charge is 0.257 e. The first-order chi connectivity index (χ1) is 19.4. The first kappa shape index (κ1) is 26.6. The van der Waals surface area contributed by atoms with Crippen molar-refractivity contribution in [2.24, 2.45) is 0 Å². The number of rotatable bonds is 10. The molecular formula is C28H28FN7O4. The molecule has 0 radical (unpaired) electrons. The summed E-state index contributed by atoms with van der Waals surface area (Å²) in [5, 5.41) is 12.5. The quantitative estimate of drug-likeness (QED) is 0.263. The van der Waals surface area contributed by atoms with Gasteiger partial charge in [0.25, 0.3) is 5.91 Å². The Hall–Kier alpha value is -5.00. The fourth-order valence-corrected chi connectivity index (χ4v) is 4.23. The molecule has 0 bridgehead atoms. The summed E-state index contributed by atoms with van der Waals surface area (Å²) in [6.07, 6.45) is 2.99. The Kier molecular flexibility index (Phi) is 7.58. The number of nitrogens with one attached hydrogen (secondary N) is 1. The molecule has 40 heavy (non-hydrogen) atoms. The van der Waals surface area contributed by atoms with Gasteiger partial charge in [-0.15, -0.1) is 0 Å². The second-order valence-electron chi connectivity index (χ2n) is 8.60. The van der Waals surface area contributed by atoms with Crippen LogP contribution in [0.3, 0.4) is 0 Å². The summed E-state index contributed by atoms with van der Waals surface area (Å²) in [4.78, 5) is 22.3. The molecule has 0 fully saturated rings. The van der Waals surface area contributed by atoms with E-state index in [1.54, 1.807) is 41.2 Å². The van der Waals surface area contributed by atoms with Crippen LogP contribution < -0.4 is 19.5 Å². The monoisotopic (exact) mass is 545 g/mol. The molecule has 0 saturated heterocycles. The minimum Gasteiger partial charge on any atom is -0.490 e. The van der Waals surface area contributed by atoms with Gasteiger partial charge in [0, 0.05) is 11.6 Å². The number of ether oxygens (including phenoxy) is 3. The Labute approximate surface area is 229 Å². The standard InChI is InChI=1S/C28H28FN7O4/c1-5-38-22-13-18(14-23(39-6-2)25(22)40-7-3)28(37)33-24-12-17(4)34-36(24)27-21-15-32-35(26(21)30-16-31-27)20-10-8-19(29)9-11-20/h8-16H,5-7H2,1-4H3,(H,33,37). The number of hydrogen-bond acceptors (Lipinski definition) is 8. The van der Waals surface area contributed by atoms with Gasteiger partial charge in [0.15, 0.2) is 23.0 Å². The number of halogens is 1. The highest BCUT2D eigenvalue weighted by Crippen LogP contribution is 2.39. The summed E-state index contributed by atoms with van der Waals surface area (Å²) < 4.78 is 33.8. The highest BCUT2D eigenvalue weighted by Gasteiger charge is 2.21. The van der Waals surface area contributed by atoms with Crippen LogP contribution in [0.2, 0.25) is 0 Å². The molecule has 0 unspecified atom stereocenters. The normalized spacial score (nSPS) is 11.0. The van der Waals surface area contributed by atoms with Crippen molar-refractivity contribution in [3.05, 3.63) is 72.1 Å². The van der Waals surface area contributed by atoms with E-state index in [1.807, 2.05) is 27.7 Å². The van der Waals surface area contributed by atoms with Gasteiger partial charge in [-0.3, -0.25) is 4.79 Å². The highest BCUT2D eigenvalue weighted by molar-refractivity contribution is 6.05. The molecular weight excluding hydrogens is 517 g/mol. The second-order valence-corrected chi connectivity index (χ2v) is 8.60. The van der Waals surface area contributed by atoms with Crippen LogP contribution in [0.4, 0.5) is 10.2 Å². The lowest BCUT2D eigenvalue weighted by molar-refractivity contribution is 0.102. The van der Waals surface area contributed by atoms with Crippen LogP contribution in [0.15, 0.2) is 55.0 Å². The van der Waals surface area contributed by atoms with E-state index in [0.29, 0.717) is 76.7 Å². The number of anilines is 1. The molecule has 5 aromatic rings. The second kappa shape index (κ2) is 11.4. The molecule has 1 amide bonds.